The second-order valence-corrected chi connectivity index (χ2v) is 12.1. The molecule has 8 aromatic carbocycles. The summed E-state index contributed by atoms with van der Waals surface area (Å²) in [7, 11) is 0. The molecule has 3 nitrogen and oxygen atoms in total. The number of nitrogens with zero attached hydrogens (tertiary/aromatic N) is 1. The van der Waals surface area contributed by atoms with E-state index in [1.54, 1.807) is 0 Å². The van der Waals surface area contributed by atoms with Gasteiger partial charge in [0.1, 0.15) is 22.3 Å². The molecule has 0 amide bonds. The molecule has 2 heterocycles. The minimum absolute atomic E-state index is 0.865. The molecule has 10 rings (SSSR count). The van der Waals surface area contributed by atoms with Gasteiger partial charge in [0.15, 0.2) is 0 Å². The molecule has 0 radical (unpaired) electrons. The minimum Gasteiger partial charge on any atom is -0.456 e. The zero-order valence-electron chi connectivity index (χ0n) is 25.4. The Morgan fingerprint density at radius 1 is 0.319 bits per heavy atom. The van der Waals surface area contributed by atoms with Crippen LogP contribution in [0.2, 0.25) is 0 Å². The summed E-state index contributed by atoms with van der Waals surface area (Å²) in [5.74, 6) is 0. The summed E-state index contributed by atoms with van der Waals surface area (Å²) in [5, 5.41) is 9.20. The average molecular weight is 602 g/mol. The highest BCUT2D eigenvalue weighted by Crippen LogP contribution is 2.45. The maximum atomic E-state index is 6.39. The van der Waals surface area contributed by atoms with Crippen LogP contribution in [0.5, 0.6) is 0 Å². The van der Waals surface area contributed by atoms with Crippen LogP contribution in [-0.4, -0.2) is 0 Å². The van der Waals surface area contributed by atoms with E-state index >= 15 is 0 Å². The standard InChI is InChI=1S/C44H27NO2/c1-2-10-28(11-3-1)29-18-20-31(21-19-29)45(32-22-23-37-35-14-6-8-16-41(35)47-44(37)26-32)40-24-30-25-43-39(36-15-7-9-17-42(36)46-43)27-38(30)33-12-4-5-13-34(33)40/h1-27H. The third-order valence-electron chi connectivity index (χ3n) is 9.43. The highest BCUT2D eigenvalue weighted by Gasteiger charge is 2.20. The fraction of sp³-hybridized carbons (Fsp3) is 0. The summed E-state index contributed by atoms with van der Waals surface area (Å²) in [6.07, 6.45) is 0. The summed E-state index contributed by atoms with van der Waals surface area (Å²) in [6, 6.07) is 57.9. The normalized spacial score (nSPS) is 11.8. The van der Waals surface area contributed by atoms with Gasteiger partial charge in [0, 0.05) is 44.4 Å². The second kappa shape index (κ2) is 10.1. The molecule has 0 spiro atoms. The number of para-hydroxylation sites is 2. The first kappa shape index (κ1) is 26.0. The molecule has 3 heteroatoms. The first-order valence-electron chi connectivity index (χ1n) is 15.9. The topological polar surface area (TPSA) is 29.5 Å². The minimum atomic E-state index is 0.865. The molecule has 0 unspecified atom stereocenters. The largest absolute Gasteiger partial charge is 0.456 e. The van der Waals surface area contributed by atoms with E-state index in [2.05, 4.69) is 144 Å². The molecule has 47 heavy (non-hydrogen) atoms. The number of benzene rings is 8. The van der Waals surface area contributed by atoms with Gasteiger partial charge < -0.3 is 13.7 Å². The van der Waals surface area contributed by atoms with Gasteiger partial charge in [0.05, 0.1) is 5.69 Å². The molecular weight excluding hydrogens is 574 g/mol. The first-order valence-corrected chi connectivity index (χ1v) is 15.9. The summed E-state index contributed by atoms with van der Waals surface area (Å²) in [6.45, 7) is 0. The molecule has 0 bridgehead atoms. The zero-order valence-corrected chi connectivity index (χ0v) is 25.4. The van der Waals surface area contributed by atoms with Gasteiger partial charge in [-0.3, -0.25) is 0 Å². The Hall–Kier alpha value is -6.32. The quantitative estimate of drug-likeness (QED) is 0.188. The van der Waals surface area contributed by atoms with Gasteiger partial charge in [-0.2, -0.15) is 0 Å². The van der Waals surface area contributed by atoms with Crippen LogP contribution in [0.3, 0.4) is 0 Å². The van der Waals surface area contributed by atoms with Crippen molar-refractivity contribution in [3.8, 4) is 11.1 Å². The Kier molecular flexibility index (Phi) is 5.57. The highest BCUT2D eigenvalue weighted by molar-refractivity contribution is 6.20. The van der Waals surface area contributed by atoms with Gasteiger partial charge in [-0.15, -0.1) is 0 Å². The van der Waals surface area contributed by atoms with Crippen molar-refractivity contribution in [1.82, 2.24) is 0 Å². The van der Waals surface area contributed by atoms with E-state index in [9.17, 15) is 0 Å². The Balaban J connectivity index is 1.24. The number of furan rings is 2. The van der Waals surface area contributed by atoms with E-state index in [-0.39, 0.29) is 0 Å². The predicted molar refractivity (Wildman–Crippen MR) is 196 cm³/mol. The lowest BCUT2D eigenvalue weighted by molar-refractivity contribution is 0.669. The van der Waals surface area contributed by atoms with E-state index in [0.29, 0.717) is 0 Å². The third-order valence-corrected chi connectivity index (χ3v) is 9.43. The summed E-state index contributed by atoms with van der Waals surface area (Å²) in [5.41, 5.74) is 9.11. The molecule has 0 aliphatic rings. The van der Waals surface area contributed by atoms with Gasteiger partial charge in [0.2, 0.25) is 0 Å². The van der Waals surface area contributed by atoms with Crippen molar-refractivity contribution >= 4 is 82.5 Å². The number of rotatable bonds is 4. The molecule has 10 aromatic rings. The van der Waals surface area contributed by atoms with Crippen LogP contribution in [0.1, 0.15) is 0 Å². The number of hydrogen-bond donors (Lipinski definition) is 0. The van der Waals surface area contributed by atoms with Gasteiger partial charge in [-0.25, -0.2) is 0 Å². The van der Waals surface area contributed by atoms with Crippen molar-refractivity contribution in [2.75, 3.05) is 4.90 Å². The molecule has 0 fully saturated rings. The van der Waals surface area contributed by atoms with E-state index < -0.39 is 0 Å². The smallest absolute Gasteiger partial charge is 0.137 e. The fourth-order valence-corrected chi connectivity index (χ4v) is 7.21. The van der Waals surface area contributed by atoms with Crippen LogP contribution in [0.15, 0.2) is 173 Å². The average Bonchev–Trinajstić information content (AvgIpc) is 3.69. The van der Waals surface area contributed by atoms with Gasteiger partial charge in [0.25, 0.3) is 0 Å². The SMILES string of the molecule is c1ccc(-c2ccc(N(c3ccc4c(c3)oc3ccccc34)c3cc4cc5oc6ccccc6c5cc4c4ccccc34)cc2)cc1. The van der Waals surface area contributed by atoms with Crippen molar-refractivity contribution < 1.29 is 8.83 Å². The Morgan fingerprint density at radius 3 is 1.62 bits per heavy atom. The molecule has 0 N–H and O–H groups in total. The molecular formula is C44H27NO2. The molecule has 220 valence electrons. The third kappa shape index (κ3) is 4.07. The maximum Gasteiger partial charge on any atom is 0.137 e. The van der Waals surface area contributed by atoms with Crippen molar-refractivity contribution in [3.05, 3.63) is 164 Å². The molecule has 0 aliphatic heterocycles. The summed E-state index contributed by atoms with van der Waals surface area (Å²) < 4.78 is 12.7. The Labute approximate surface area is 270 Å². The number of anilines is 3. The second-order valence-electron chi connectivity index (χ2n) is 12.1. The lowest BCUT2D eigenvalue weighted by Gasteiger charge is -2.27. The van der Waals surface area contributed by atoms with Crippen LogP contribution in [0, 0.1) is 0 Å². The van der Waals surface area contributed by atoms with E-state index in [0.717, 1.165) is 66.3 Å². The zero-order chi connectivity index (χ0) is 30.9. The Bertz CT molecular complexity index is 2790. The summed E-state index contributed by atoms with van der Waals surface area (Å²) >= 11 is 0. The van der Waals surface area contributed by atoms with E-state index in [1.807, 2.05) is 24.3 Å². The maximum absolute atomic E-state index is 6.39. The highest BCUT2D eigenvalue weighted by atomic mass is 16.3. The van der Waals surface area contributed by atoms with Gasteiger partial charge >= 0.3 is 0 Å². The monoisotopic (exact) mass is 601 g/mol. The van der Waals surface area contributed by atoms with E-state index in [1.165, 1.54) is 27.3 Å². The molecule has 0 aliphatic carbocycles. The van der Waals surface area contributed by atoms with Crippen LogP contribution in [0.25, 0.3) is 76.5 Å². The van der Waals surface area contributed by atoms with Crippen molar-refractivity contribution in [2.45, 2.75) is 0 Å². The number of hydrogen-bond acceptors (Lipinski definition) is 3. The van der Waals surface area contributed by atoms with Crippen LogP contribution in [-0.2, 0) is 0 Å². The molecule has 0 saturated heterocycles. The van der Waals surface area contributed by atoms with Crippen LogP contribution < -0.4 is 4.90 Å². The first-order chi connectivity index (χ1) is 23.3. The fourth-order valence-electron chi connectivity index (χ4n) is 7.21. The van der Waals surface area contributed by atoms with E-state index in [4.69, 9.17) is 8.83 Å². The lowest BCUT2D eigenvalue weighted by atomic mass is 9.97. The van der Waals surface area contributed by atoms with Crippen molar-refractivity contribution in [1.29, 1.82) is 0 Å². The molecule has 2 aromatic heterocycles. The van der Waals surface area contributed by atoms with Crippen LogP contribution >= 0.6 is 0 Å². The Morgan fingerprint density at radius 2 is 0.872 bits per heavy atom. The molecule has 0 saturated carbocycles. The van der Waals surface area contributed by atoms with Gasteiger partial charge in [-0.05, 0) is 81.9 Å². The van der Waals surface area contributed by atoms with Gasteiger partial charge in [-0.1, -0.05) is 103 Å². The predicted octanol–water partition coefficient (Wildman–Crippen LogP) is 12.9. The number of fused-ring (bicyclic) bond motifs is 9. The lowest BCUT2D eigenvalue weighted by Crippen LogP contribution is -2.10. The summed E-state index contributed by atoms with van der Waals surface area (Å²) in [4.78, 5) is 2.35. The van der Waals surface area contributed by atoms with Crippen LogP contribution in [0.4, 0.5) is 17.1 Å². The van der Waals surface area contributed by atoms with Crippen molar-refractivity contribution in [2.24, 2.45) is 0 Å². The van der Waals surface area contributed by atoms with Crippen molar-refractivity contribution in [3.63, 3.8) is 0 Å². The molecule has 0 atom stereocenters.